The minimum absolute atomic E-state index is 0.0803. The molecule has 7 heteroatoms. The quantitative estimate of drug-likeness (QED) is 0.479. The molecule has 0 aliphatic carbocycles. The zero-order valence-electron chi connectivity index (χ0n) is 9.71. The van der Waals surface area contributed by atoms with E-state index in [4.69, 9.17) is 15.4 Å². The number of hydrogen-bond acceptors (Lipinski definition) is 3. The van der Waals surface area contributed by atoms with E-state index in [0.29, 0.717) is 5.56 Å². The molecule has 1 atom stereocenters. The van der Waals surface area contributed by atoms with Gasteiger partial charge in [0, 0.05) is 11.3 Å². The maximum Gasteiger partial charge on any atom is 0.303 e. The third-order valence-electron chi connectivity index (χ3n) is 2.38. The van der Waals surface area contributed by atoms with Gasteiger partial charge in [-0.15, -0.1) is 0 Å². The third kappa shape index (κ3) is 3.64. The molecule has 96 valence electrons. The van der Waals surface area contributed by atoms with Gasteiger partial charge in [0.05, 0.1) is 13.2 Å². The van der Waals surface area contributed by atoms with Crippen molar-refractivity contribution in [2.45, 2.75) is 18.9 Å². The van der Waals surface area contributed by atoms with Gasteiger partial charge in [-0.1, -0.05) is 11.2 Å². The van der Waals surface area contributed by atoms with Crippen LogP contribution >= 0.6 is 0 Å². The lowest BCUT2D eigenvalue weighted by Crippen LogP contribution is -2.01. The first-order chi connectivity index (χ1) is 8.58. The number of carboxylic acid groups (broad SMARTS) is 1. The van der Waals surface area contributed by atoms with Gasteiger partial charge in [-0.2, -0.15) is 0 Å². The molecule has 18 heavy (non-hydrogen) atoms. The Kier molecular flexibility index (Phi) is 4.95. The highest BCUT2D eigenvalue weighted by Crippen LogP contribution is 2.27. The van der Waals surface area contributed by atoms with E-state index in [1.807, 2.05) is 0 Å². The van der Waals surface area contributed by atoms with Crippen molar-refractivity contribution in [1.82, 2.24) is 0 Å². The minimum Gasteiger partial charge on any atom is -0.494 e. The molecule has 1 aromatic rings. The number of nitrogens with zero attached hydrogens (tertiary/aromatic N) is 3. The predicted molar refractivity (Wildman–Crippen MR) is 61.7 cm³/mol. The van der Waals surface area contributed by atoms with Crippen LogP contribution < -0.4 is 4.74 Å². The number of ether oxygens (including phenoxy) is 1. The number of hydrogen-bond donors (Lipinski definition) is 1. The van der Waals surface area contributed by atoms with E-state index in [0.717, 1.165) is 0 Å². The van der Waals surface area contributed by atoms with Gasteiger partial charge >= 0.3 is 5.97 Å². The van der Waals surface area contributed by atoms with E-state index in [2.05, 4.69) is 10.0 Å². The molecule has 1 rings (SSSR count). The van der Waals surface area contributed by atoms with Crippen molar-refractivity contribution >= 4 is 5.97 Å². The van der Waals surface area contributed by atoms with Crippen LogP contribution in [-0.2, 0) is 4.79 Å². The molecule has 0 saturated heterocycles. The van der Waals surface area contributed by atoms with Crippen molar-refractivity contribution in [1.29, 1.82) is 0 Å². The molecule has 0 saturated carbocycles. The van der Waals surface area contributed by atoms with Crippen LogP contribution in [0.4, 0.5) is 4.39 Å². The van der Waals surface area contributed by atoms with Crippen LogP contribution in [-0.4, -0.2) is 18.2 Å². The summed E-state index contributed by atoms with van der Waals surface area (Å²) < 4.78 is 18.2. The van der Waals surface area contributed by atoms with Crippen molar-refractivity contribution in [3.63, 3.8) is 0 Å². The van der Waals surface area contributed by atoms with Crippen LogP contribution in [0.3, 0.4) is 0 Å². The molecule has 0 spiro atoms. The Hall–Kier alpha value is -2.27. The highest BCUT2D eigenvalue weighted by molar-refractivity contribution is 5.66. The lowest BCUT2D eigenvalue weighted by atomic mass is 10.0. The van der Waals surface area contributed by atoms with Gasteiger partial charge in [0.15, 0.2) is 11.6 Å². The maximum atomic E-state index is 13.5. The molecule has 0 radical (unpaired) electrons. The Morgan fingerprint density at radius 1 is 1.67 bits per heavy atom. The summed E-state index contributed by atoms with van der Waals surface area (Å²) in [4.78, 5) is 13.1. The summed E-state index contributed by atoms with van der Waals surface area (Å²) in [6, 6.07) is 3.43. The van der Waals surface area contributed by atoms with E-state index in [-0.39, 0.29) is 18.6 Å². The average Bonchev–Trinajstić information content (AvgIpc) is 2.34. The highest BCUT2D eigenvalue weighted by Gasteiger charge is 2.14. The summed E-state index contributed by atoms with van der Waals surface area (Å²) in [6.07, 6.45) is -0.0392. The highest BCUT2D eigenvalue weighted by atomic mass is 19.1. The first-order valence-electron chi connectivity index (χ1n) is 5.18. The summed E-state index contributed by atoms with van der Waals surface area (Å²) >= 11 is 0. The van der Waals surface area contributed by atoms with Gasteiger partial charge in [0.25, 0.3) is 0 Å². The zero-order valence-corrected chi connectivity index (χ0v) is 9.71. The molecule has 0 aliphatic rings. The zero-order chi connectivity index (χ0) is 13.5. The van der Waals surface area contributed by atoms with E-state index in [1.54, 1.807) is 6.07 Å². The van der Waals surface area contributed by atoms with Crippen molar-refractivity contribution in [3.05, 3.63) is 40.0 Å². The number of benzene rings is 1. The van der Waals surface area contributed by atoms with Gasteiger partial charge in [0.2, 0.25) is 0 Å². The fourth-order valence-electron chi connectivity index (χ4n) is 1.50. The maximum absolute atomic E-state index is 13.5. The number of aliphatic carboxylic acids is 1. The number of azide groups is 1. The second-order valence-corrected chi connectivity index (χ2v) is 3.55. The third-order valence-corrected chi connectivity index (χ3v) is 2.38. The smallest absolute Gasteiger partial charge is 0.303 e. The van der Waals surface area contributed by atoms with Crippen LogP contribution in [0.5, 0.6) is 5.75 Å². The summed E-state index contributed by atoms with van der Waals surface area (Å²) in [5, 5.41) is 12.1. The minimum atomic E-state index is -0.998. The summed E-state index contributed by atoms with van der Waals surface area (Å²) in [7, 11) is 1.34. The fourth-order valence-corrected chi connectivity index (χ4v) is 1.50. The van der Waals surface area contributed by atoms with Crippen LogP contribution in [0.15, 0.2) is 23.3 Å². The lowest BCUT2D eigenvalue weighted by molar-refractivity contribution is -0.137. The molecule has 0 heterocycles. The van der Waals surface area contributed by atoms with Crippen molar-refractivity contribution in [2.24, 2.45) is 5.11 Å². The van der Waals surface area contributed by atoms with Gasteiger partial charge in [-0.3, -0.25) is 4.79 Å². The second kappa shape index (κ2) is 6.46. The first kappa shape index (κ1) is 13.8. The molecule has 6 nitrogen and oxygen atoms in total. The van der Waals surface area contributed by atoms with Crippen LogP contribution in [0.1, 0.15) is 24.4 Å². The van der Waals surface area contributed by atoms with E-state index >= 15 is 0 Å². The van der Waals surface area contributed by atoms with Crippen molar-refractivity contribution in [2.75, 3.05) is 7.11 Å². The van der Waals surface area contributed by atoms with Crippen LogP contribution in [0.2, 0.25) is 0 Å². The van der Waals surface area contributed by atoms with E-state index in [1.165, 1.54) is 19.2 Å². The summed E-state index contributed by atoms with van der Waals surface area (Å²) in [5.41, 5.74) is 8.85. The molecule has 0 fully saturated rings. The molecular weight excluding hydrogens is 241 g/mol. The summed E-state index contributed by atoms with van der Waals surface area (Å²) in [6.45, 7) is 0. The number of halogens is 1. The number of carbonyl (C=O) groups is 1. The molecule has 0 aromatic heterocycles. The van der Waals surface area contributed by atoms with Crippen molar-refractivity contribution in [3.8, 4) is 5.75 Å². The molecule has 1 N–H and O–H groups in total. The van der Waals surface area contributed by atoms with E-state index < -0.39 is 17.8 Å². The van der Waals surface area contributed by atoms with Crippen LogP contribution in [0, 0.1) is 5.82 Å². The topological polar surface area (TPSA) is 95.3 Å². The Bertz CT molecular complexity index is 486. The molecule has 0 amide bonds. The second-order valence-electron chi connectivity index (χ2n) is 3.55. The lowest BCUT2D eigenvalue weighted by Gasteiger charge is -2.11. The average molecular weight is 253 g/mol. The van der Waals surface area contributed by atoms with Gasteiger partial charge < -0.3 is 9.84 Å². The number of carboxylic acids is 1. The van der Waals surface area contributed by atoms with Crippen molar-refractivity contribution < 1.29 is 19.0 Å². The Labute approximate surface area is 103 Å². The molecular formula is C11H12FN3O3. The Morgan fingerprint density at radius 2 is 2.39 bits per heavy atom. The molecule has 1 unspecified atom stereocenters. The molecule has 0 aliphatic heterocycles. The SMILES string of the molecule is COc1ccc(C(CCC(=O)O)N=[N+]=[N-])cc1F. The number of methoxy groups -OCH3 is 1. The Balaban J connectivity index is 2.95. The predicted octanol–water partition coefficient (Wildman–Crippen LogP) is 3.05. The van der Waals surface area contributed by atoms with Gasteiger partial charge in [-0.05, 0) is 29.6 Å². The number of rotatable bonds is 6. The monoisotopic (exact) mass is 253 g/mol. The van der Waals surface area contributed by atoms with Gasteiger partial charge in [0.1, 0.15) is 0 Å². The normalized spacial score (nSPS) is 11.4. The Morgan fingerprint density at radius 3 is 2.89 bits per heavy atom. The molecule has 1 aromatic carbocycles. The molecule has 0 bridgehead atoms. The summed E-state index contributed by atoms with van der Waals surface area (Å²) in [5.74, 6) is -1.50. The standard InChI is InChI=1S/C11H12FN3O3/c1-18-10-4-2-7(6-8(10)12)9(14-15-13)3-5-11(16)17/h2,4,6,9H,3,5H2,1H3,(H,16,17). The van der Waals surface area contributed by atoms with Crippen LogP contribution in [0.25, 0.3) is 10.4 Å². The van der Waals surface area contributed by atoms with Gasteiger partial charge in [-0.25, -0.2) is 4.39 Å². The first-order valence-corrected chi connectivity index (χ1v) is 5.18. The van der Waals surface area contributed by atoms with E-state index in [9.17, 15) is 9.18 Å². The fraction of sp³-hybridized carbons (Fsp3) is 0.364. The largest absolute Gasteiger partial charge is 0.494 e.